The Morgan fingerprint density at radius 1 is 1.08 bits per heavy atom. The van der Waals surface area contributed by atoms with E-state index in [0.29, 0.717) is 6.04 Å². The number of likely N-dealkylation sites (tertiary alicyclic amines) is 1. The van der Waals surface area contributed by atoms with Crippen molar-refractivity contribution in [2.24, 2.45) is 11.7 Å². The Hall–Kier alpha value is -1.61. The predicted octanol–water partition coefficient (Wildman–Crippen LogP) is 4.38. The van der Waals surface area contributed by atoms with Crippen molar-refractivity contribution in [2.45, 2.75) is 64.3 Å². The lowest BCUT2D eigenvalue weighted by molar-refractivity contribution is -0.114. The van der Waals surface area contributed by atoms with Crippen LogP contribution in [0.5, 0.6) is 0 Å². The fourth-order valence-electron chi connectivity index (χ4n) is 4.58. The third-order valence-electron chi connectivity index (χ3n) is 6.10. The summed E-state index contributed by atoms with van der Waals surface area (Å²) in [4.78, 5) is 14.5. The summed E-state index contributed by atoms with van der Waals surface area (Å²) >= 11 is 0. The molecule has 3 rings (SSSR count). The van der Waals surface area contributed by atoms with Crippen molar-refractivity contribution >= 4 is 11.5 Å². The van der Waals surface area contributed by atoms with Crippen LogP contribution in [0.2, 0.25) is 0 Å². The number of nitrogens with two attached hydrogens (primary N) is 1. The predicted molar refractivity (Wildman–Crippen MR) is 104 cm³/mol. The maximum absolute atomic E-state index is 11.8. The first-order valence-corrected chi connectivity index (χ1v) is 9.94. The maximum atomic E-state index is 11.8. The van der Waals surface area contributed by atoms with Crippen molar-refractivity contribution in [1.82, 2.24) is 4.90 Å². The van der Waals surface area contributed by atoms with Crippen LogP contribution in [0.1, 0.15) is 63.9 Å². The van der Waals surface area contributed by atoms with Crippen LogP contribution >= 0.6 is 0 Å². The number of benzene rings is 1. The van der Waals surface area contributed by atoms with Crippen LogP contribution in [0.15, 0.2) is 35.9 Å². The number of primary amides is 1. The first-order valence-electron chi connectivity index (χ1n) is 9.94. The molecule has 2 fully saturated rings. The quantitative estimate of drug-likeness (QED) is 0.781. The number of amides is 1. The molecular formula is C22H32N2O. The molecule has 1 aromatic rings. The van der Waals surface area contributed by atoms with Gasteiger partial charge in [0.1, 0.15) is 0 Å². The van der Waals surface area contributed by atoms with Gasteiger partial charge in [0.05, 0.1) is 0 Å². The Labute approximate surface area is 152 Å². The normalized spacial score (nSPS) is 23.5. The summed E-state index contributed by atoms with van der Waals surface area (Å²) in [6.07, 6.45) is 10.4. The number of hydrogen-bond donors (Lipinski definition) is 1. The van der Waals surface area contributed by atoms with Gasteiger partial charge in [0.15, 0.2) is 0 Å². The maximum Gasteiger partial charge on any atom is 0.244 e. The van der Waals surface area contributed by atoms with Crippen molar-refractivity contribution < 1.29 is 4.79 Å². The molecule has 1 aliphatic heterocycles. The molecule has 0 spiro atoms. The highest BCUT2D eigenvalue weighted by atomic mass is 16.1. The van der Waals surface area contributed by atoms with E-state index in [1.165, 1.54) is 58.0 Å². The van der Waals surface area contributed by atoms with Gasteiger partial charge in [-0.2, -0.15) is 0 Å². The molecule has 1 aromatic carbocycles. The monoisotopic (exact) mass is 340 g/mol. The first-order chi connectivity index (χ1) is 12.1. The SMILES string of the molecule is CC(C(N)=O)=C(CC1CCCN1CC1CCCCC1)c1ccccc1. The van der Waals surface area contributed by atoms with Crippen molar-refractivity contribution in [1.29, 1.82) is 0 Å². The second-order valence-electron chi connectivity index (χ2n) is 7.83. The fourth-order valence-corrected chi connectivity index (χ4v) is 4.58. The van der Waals surface area contributed by atoms with Gasteiger partial charge < -0.3 is 5.73 Å². The van der Waals surface area contributed by atoms with E-state index in [-0.39, 0.29) is 5.91 Å². The Bertz CT molecular complexity index is 602. The Morgan fingerprint density at radius 2 is 1.80 bits per heavy atom. The van der Waals surface area contributed by atoms with Gasteiger partial charge >= 0.3 is 0 Å². The number of hydrogen-bond acceptors (Lipinski definition) is 2. The second kappa shape index (κ2) is 8.66. The number of carbonyl (C=O) groups is 1. The highest BCUT2D eigenvalue weighted by Gasteiger charge is 2.29. The third-order valence-corrected chi connectivity index (χ3v) is 6.10. The molecule has 1 amide bonds. The molecule has 2 aliphatic rings. The van der Waals surface area contributed by atoms with Crippen LogP contribution in [-0.2, 0) is 4.79 Å². The molecule has 3 heteroatoms. The molecule has 1 saturated heterocycles. The van der Waals surface area contributed by atoms with E-state index in [1.807, 2.05) is 25.1 Å². The van der Waals surface area contributed by atoms with Gasteiger partial charge in [-0.25, -0.2) is 0 Å². The molecule has 1 heterocycles. The zero-order chi connectivity index (χ0) is 17.6. The highest BCUT2D eigenvalue weighted by Crippen LogP contribution is 2.33. The minimum Gasteiger partial charge on any atom is -0.366 e. The average molecular weight is 341 g/mol. The summed E-state index contributed by atoms with van der Waals surface area (Å²) in [5, 5.41) is 0. The lowest BCUT2D eigenvalue weighted by atomic mass is 9.88. The summed E-state index contributed by atoms with van der Waals surface area (Å²) in [6.45, 7) is 4.33. The molecule has 0 aromatic heterocycles. The Morgan fingerprint density at radius 3 is 2.48 bits per heavy atom. The second-order valence-corrected chi connectivity index (χ2v) is 7.83. The average Bonchev–Trinajstić information content (AvgIpc) is 3.07. The molecule has 1 unspecified atom stereocenters. The van der Waals surface area contributed by atoms with Crippen LogP contribution in [0.3, 0.4) is 0 Å². The van der Waals surface area contributed by atoms with Gasteiger partial charge in [-0.3, -0.25) is 9.69 Å². The summed E-state index contributed by atoms with van der Waals surface area (Å²) < 4.78 is 0. The minimum atomic E-state index is -0.296. The van der Waals surface area contributed by atoms with E-state index >= 15 is 0 Å². The van der Waals surface area contributed by atoms with E-state index in [2.05, 4.69) is 17.0 Å². The summed E-state index contributed by atoms with van der Waals surface area (Å²) in [5.41, 5.74) is 8.62. The molecule has 1 atom stereocenters. The standard InChI is InChI=1S/C22H32N2O/c1-17(22(23)25)21(19-11-6-3-7-12-19)15-20-13-8-14-24(20)16-18-9-4-2-5-10-18/h3,6-7,11-12,18,20H,2,4-5,8-10,13-16H2,1H3,(H2,23,25). The molecule has 2 N–H and O–H groups in total. The number of carbonyl (C=O) groups excluding carboxylic acids is 1. The molecule has 0 radical (unpaired) electrons. The van der Waals surface area contributed by atoms with Crippen molar-refractivity contribution in [2.75, 3.05) is 13.1 Å². The number of nitrogens with zero attached hydrogens (tertiary/aromatic N) is 1. The van der Waals surface area contributed by atoms with E-state index in [4.69, 9.17) is 5.73 Å². The van der Waals surface area contributed by atoms with Crippen LogP contribution in [-0.4, -0.2) is 29.9 Å². The molecule has 1 aliphatic carbocycles. The largest absolute Gasteiger partial charge is 0.366 e. The van der Waals surface area contributed by atoms with E-state index < -0.39 is 0 Å². The molecule has 136 valence electrons. The molecular weight excluding hydrogens is 308 g/mol. The van der Waals surface area contributed by atoms with E-state index in [1.54, 1.807) is 0 Å². The zero-order valence-corrected chi connectivity index (χ0v) is 15.5. The van der Waals surface area contributed by atoms with Gasteiger partial charge in [-0.05, 0) is 62.6 Å². The summed E-state index contributed by atoms with van der Waals surface area (Å²) in [6, 6.07) is 10.8. The van der Waals surface area contributed by atoms with Crippen molar-refractivity contribution in [3.05, 3.63) is 41.5 Å². The van der Waals surface area contributed by atoms with Crippen LogP contribution in [0.25, 0.3) is 5.57 Å². The fraction of sp³-hybridized carbons (Fsp3) is 0.591. The van der Waals surface area contributed by atoms with Gasteiger partial charge in [-0.1, -0.05) is 49.6 Å². The van der Waals surface area contributed by atoms with Gasteiger partial charge in [0.2, 0.25) is 5.91 Å². The molecule has 25 heavy (non-hydrogen) atoms. The smallest absolute Gasteiger partial charge is 0.244 e. The van der Waals surface area contributed by atoms with Gasteiger partial charge in [-0.15, -0.1) is 0 Å². The van der Waals surface area contributed by atoms with Crippen LogP contribution in [0, 0.1) is 5.92 Å². The first kappa shape index (κ1) is 18.2. The van der Waals surface area contributed by atoms with E-state index in [9.17, 15) is 4.79 Å². The Kier molecular flexibility index (Phi) is 6.30. The lowest BCUT2D eigenvalue weighted by Gasteiger charge is -2.31. The number of rotatable bonds is 6. The third kappa shape index (κ3) is 4.72. The molecule has 0 bridgehead atoms. The van der Waals surface area contributed by atoms with Gasteiger partial charge in [0.25, 0.3) is 0 Å². The lowest BCUT2D eigenvalue weighted by Crippen LogP contribution is -2.35. The molecule has 1 saturated carbocycles. The Balaban J connectivity index is 1.74. The van der Waals surface area contributed by atoms with Gasteiger partial charge in [0, 0.05) is 18.2 Å². The zero-order valence-electron chi connectivity index (χ0n) is 15.5. The van der Waals surface area contributed by atoms with Crippen molar-refractivity contribution in [3.8, 4) is 0 Å². The van der Waals surface area contributed by atoms with Crippen molar-refractivity contribution in [3.63, 3.8) is 0 Å². The minimum absolute atomic E-state index is 0.296. The summed E-state index contributed by atoms with van der Waals surface area (Å²) in [7, 11) is 0. The molecule has 3 nitrogen and oxygen atoms in total. The topological polar surface area (TPSA) is 46.3 Å². The summed E-state index contributed by atoms with van der Waals surface area (Å²) in [5.74, 6) is 0.575. The van der Waals surface area contributed by atoms with Crippen LogP contribution < -0.4 is 5.73 Å². The van der Waals surface area contributed by atoms with E-state index in [0.717, 1.165) is 29.0 Å². The van der Waals surface area contributed by atoms with Crippen LogP contribution in [0.4, 0.5) is 0 Å². The highest BCUT2D eigenvalue weighted by molar-refractivity contribution is 5.99.